The van der Waals surface area contributed by atoms with Crippen molar-refractivity contribution >= 4 is 0 Å². The lowest BCUT2D eigenvalue weighted by Gasteiger charge is -2.35. The zero-order chi connectivity index (χ0) is 9.26. The molecule has 2 N–H and O–H groups in total. The van der Waals surface area contributed by atoms with Crippen molar-refractivity contribution in [1.29, 1.82) is 0 Å². The fourth-order valence-corrected chi connectivity index (χ4v) is 2.92. The molecule has 0 amide bonds. The van der Waals surface area contributed by atoms with E-state index in [0.717, 1.165) is 18.9 Å². The van der Waals surface area contributed by atoms with Crippen molar-refractivity contribution in [3.8, 4) is 0 Å². The molecule has 2 aliphatic rings. The highest BCUT2D eigenvalue weighted by Crippen LogP contribution is 2.33. The largest absolute Gasteiger partial charge is 0.393 e. The molecule has 2 fully saturated rings. The van der Waals surface area contributed by atoms with E-state index in [1.807, 2.05) is 0 Å². The first-order chi connectivity index (χ1) is 6.27. The number of aliphatic hydroxyl groups excluding tert-OH is 1. The Hall–Kier alpha value is -0.0800. The van der Waals surface area contributed by atoms with Gasteiger partial charge in [0.2, 0.25) is 0 Å². The second-order valence-electron chi connectivity index (χ2n) is 4.85. The Labute approximate surface area is 80.7 Å². The number of aliphatic hydroxyl groups is 1. The predicted molar refractivity (Wildman–Crippen MR) is 53.5 cm³/mol. The van der Waals surface area contributed by atoms with Gasteiger partial charge in [0.25, 0.3) is 0 Å². The summed E-state index contributed by atoms with van der Waals surface area (Å²) in [6, 6.07) is 0.609. The van der Waals surface area contributed by atoms with Crippen LogP contribution in [0.3, 0.4) is 0 Å². The molecule has 1 saturated heterocycles. The summed E-state index contributed by atoms with van der Waals surface area (Å²) in [7, 11) is 0. The minimum Gasteiger partial charge on any atom is -0.393 e. The van der Waals surface area contributed by atoms with Crippen molar-refractivity contribution in [2.45, 2.75) is 51.2 Å². The lowest BCUT2D eigenvalue weighted by Crippen LogP contribution is -2.41. The Morgan fingerprint density at radius 2 is 2.08 bits per heavy atom. The number of rotatable bonds is 1. The van der Waals surface area contributed by atoms with Gasteiger partial charge in [-0.05, 0) is 44.6 Å². The maximum atomic E-state index is 9.91. The monoisotopic (exact) mass is 183 g/mol. The van der Waals surface area contributed by atoms with Gasteiger partial charge < -0.3 is 10.4 Å². The van der Waals surface area contributed by atoms with E-state index < -0.39 is 0 Å². The van der Waals surface area contributed by atoms with Gasteiger partial charge in [-0.3, -0.25) is 0 Å². The van der Waals surface area contributed by atoms with Crippen LogP contribution in [0.15, 0.2) is 0 Å². The molecule has 76 valence electrons. The molecule has 1 aliphatic carbocycles. The van der Waals surface area contributed by atoms with Crippen LogP contribution in [-0.4, -0.2) is 23.8 Å². The molecular weight excluding hydrogens is 162 g/mol. The topological polar surface area (TPSA) is 32.3 Å². The van der Waals surface area contributed by atoms with E-state index >= 15 is 0 Å². The summed E-state index contributed by atoms with van der Waals surface area (Å²) in [5.74, 6) is 1.35. The normalized spacial score (nSPS) is 46.6. The molecule has 13 heavy (non-hydrogen) atoms. The number of hydrogen-bond donors (Lipinski definition) is 2. The Morgan fingerprint density at radius 1 is 1.23 bits per heavy atom. The van der Waals surface area contributed by atoms with E-state index in [2.05, 4.69) is 12.2 Å². The van der Waals surface area contributed by atoms with Crippen LogP contribution in [0.4, 0.5) is 0 Å². The summed E-state index contributed by atoms with van der Waals surface area (Å²) in [5, 5.41) is 13.4. The smallest absolute Gasteiger partial charge is 0.0583 e. The zero-order valence-corrected chi connectivity index (χ0v) is 8.50. The van der Waals surface area contributed by atoms with Crippen LogP contribution >= 0.6 is 0 Å². The molecule has 0 radical (unpaired) electrons. The van der Waals surface area contributed by atoms with Crippen LogP contribution in [0.2, 0.25) is 0 Å². The first-order valence-corrected chi connectivity index (χ1v) is 5.69. The number of hydrogen-bond acceptors (Lipinski definition) is 2. The van der Waals surface area contributed by atoms with E-state index in [-0.39, 0.29) is 6.10 Å². The van der Waals surface area contributed by atoms with Gasteiger partial charge in [-0.1, -0.05) is 6.92 Å². The van der Waals surface area contributed by atoms with Gasteiger partial charge in [-0.2, -0.15) is 0 Å². The fourth-order valence-electron chi connectivity index (χ4n) is 2.92. The molecule has 0 spiro atoms. The third-order valence-electron chi connectivity index (χ3n) is 3.74. The molecule has 1 aliphatic heterocycles. The molecule has 1 heterocycles. The molecule has 0 aromatic rings. The average molecular weight is 183 g/mol. The van der Waals surface area contributed by atoms with Crippen LogP contribution < -0.4 is 5.32 Å². The maximum Gasteiger partial charge on any atom is 0.0583 e. The first kappa shape index (κ1) is 9.47. The van der Waals surface area contributed by atoms with Crippen molar-refractivity contribution < 1.29 is 5.11 Å². The number of nitrogens with one attached hydrogen (secondary N) is 1. The van der Waals surface area contributed by atoms with Crippen molar-refractivity contribution in [1.82, 2.24) is 5.32 Å². The Balaban J connectivity index is 1.94. The fraction of sp³-hybridized carbons (Fsp3) is 1.00. The van der Waals surface area contributed by atoms with Crippen LogP contribution in [0, 0.1) is 11.8 Å². The van der Waals surface area contributed by atoms with E-state index in [4.69, 9.17) is 0 Å². The van der Waals surface area contributed by atoms with Gasteiger partial charge in [0.1, 0.15) is 0 Å². The van der Waals surface area contributed by atoms with Gasteiger partial charge >= 0.3 is 0 Å². The molecular formula is C11H21NO. The second-order valence-corrected chi connectivity index (χ2v) is 4.85. The third-order valence-corrected chi connectivity index (χ3v) is 3.74. The van der Waals surface area contributed by atoms with Gasteiger partial charge in [-0.25, -0.2) is 0 Å². The standard InChI is InChI=1S/C11H21NO/c1-8-4-5-11(13)9(7-8)10-3-2-6-12-10/h8-13H,2-7H2,1H3/t8-,9-,10-,11+/m1/s1. The first-order valence-electron chi connectivity index (χ1n) is 5.69. The van der Waals surface area contributed by atoms with Crippen molar-refractivity contribution in [2.24, 2.45) is 11.8 Å². The summed E-state index contributed by atoms with van der Waals surface area (Å²) >= 11 is 0. The van der Waals surface area contributed by atoms with Crippen molar-refractivity contribution in [2.75, 3.05) is 6.54 Å². The zero-order valence-electron chi connectivity index (χ0n) is 8.50. The molecule has 0 unspecified atom stereocenters. The van der Waals surface area contributed by atoms with Crippen molar-refractivity contribution in [3.63, 3.8) is 0 Å². The van der Waals surface area contributed by atoms with Crippen LogP contribution in [0.5, 0.6) is 0 Å². The maximum absolute atomic E-state index is 9.91. The van der Waals surface area contributed by atoms with Crippen LogP contribution in [0.1, 0.15) is 39.0 Å². The quantitative estimate of drug-likeness (QED) is 0.646. The van der Waals surface area contributed by atoms with Crippen LogP contribution in [0.25, 0.3) is 0 Å². The molecule has 2 nitrogen and oxygen atoms in total. The third kappa shape index (κ3) is 2.05. The van der Waals surface area contributed by atoms with Gasteiger partial charge in [-0.15, -0.1) is 0 Å². The molecule has 1 saturated carbocycles. The SMILES string of the molecule is C[C@@H]1CC[C@H](O)[C@@H]([C@H]2CCCN2)C1. The van der Waals surface area contributed by atoms with E-state index in [9.17, 15) is 5.11 Å². The van der Waals surface area contributed by atoms with E-state index in [1.165, 1.54) is 25.7 Å². The highest BCUT2D eigenvalue weighted by molar-refractivity contribution is 4.89. The van der Waals surface area contributed by atoms with Gasteiger partial charge in [0.05, 0.1) is 6.10 Å². The van der Waals surface area contributed by atoms with E-state index in [1.54, 1.807) is 0 Å². The summed E-state index contributed by atoms with van der Waals surface area (Å²) in [4.78, 5) is 0. The predicted octanol–water partition coefficient (Wildman–Crippen LogP) is 1.54. The molecule has 0 aromatic carbocycles. The van der Waals surface area contributed by atoms with E-state index in [0.29, 0.717) is 12.0 Å². The average Bonchev–Trinajstić information content (AvgIpc) is 2.61. The summed E-state index contributed by atoms with van der Waals surface area (Å²) in [6.45, 7) is 3.47. The minimum atomic E-state index is -0.0354. The summed E-state index contributed by atoms with van der Waals surface area (Å²) < 4.78 is 0. The highest BCUT2D eigenvalue weighted by Gasteiger charge is 2.34. The highest BCUT2D eigenvalue weighted by atomic mass is 16.3. The van der Waals surface area contributed by atoms with Gasteiger partial charge in [0.15, 0.2) is 0 Å². The van der Waals surface area contributed by atoms with Gasteiger partial charge in [0, 0.05) is 12.0 Å². The Morgan fingerprint density at radius 3 is 2.77 bits per heavy atom. The molecule has 2 heteroatoms. The Kier molecular flexibility index (Phi) is 2.89. The van der Waals surface area contributed by atoms with Crippen LogP contribution in [-0.2, 0) is 0 Å². The lowest BCUT2D eigenvalue weighted by molar-refractivity contribution is 0.0348. The lowest BCUT2D eigenvalue weighted by atomic mass is 9.76. The molecule has 0 bridgehead atoms. The summed E-state index contributed by atoms with van der Waals surface area (Å²) in [6.07, 6.45) is 5.98. The minimum absolute atomic E-state index is 0.0354. The molecule has 2 rings (SSSR count). The molecule has 0 aromatic heterocycles. The summed E-state index contributed by atoms with van der Waals surface area (Å²) in [5.41, 5.74) is 0. The molecule has 4 atom stereocenters. The second kappa shape index (κ2) is 3.97. The van der Waals surface area contributed by atoms with Crippen molar-refractivity contribution in [3.05, 3.63) is 0 Å². The Bertz CT molecular complexity index is 165.